The monoisotopic (exact) mass is 395 g/mol. The van der Waals surface area contributed by atoms with Crippen LogP contribution in [0.3, 0.4) is 0 Å². The number of carbonyl (C=O) groups is 3. The summed E-state index contributed by atoms with van der Waals surface area (Å²) < 4.78 is 9.19. The highest BCUT2D eigenvalue weighted by Crippen LogP contribution is 2.22. The minimum absolute atomic E-state index is 0.00730. The van der Waals surface area contributed by atoms with Crippen molar-refractivity contribution < 1.29 is 23.9 Å². The summed E-state index contributed by atoms with van der Waals surface area (Å²) in [6.45, 7) is 0.357. The minimum Gasteiger partial charge on any atom is -0.469 e. The number of nitrogens with one attached hydrogen (secondary N) is 3. The molecule has 0 saturated heterocycles. The molecule has 2 aromatic rings. The number of benzene rings is 1. The number of methoxy groups -OCH3 is 2. The molecule has 0 saturated carbocycles. The van der Waals surface area contributed by atoms with Crippen LogP contribution in [0.2, 0.25) is 5.02 Å². The SMILES string of the molecule is COC(=O)CC[C@H](NC(=O)NCCc1c[nH]c2ccc(Cl)cc12)C(=O)OC. The molecule has 9 heteroatoms. The van der Waals surface area contributed by atoms with Gasteiger partial charge in [-0.15, -0.1) is 0 Å². The lowest BCUT2D eigenvalue weighted by molar-refractivity contribution is -0.144. The van der Waals surface area contributed by atoms with Crippen LogP contribution in [-0.4, -0.2) is 49.8 Å². The smallest absolute Gasteiger partial charge is 0.328 e. The molecule has 1 aromatic carbocycles. The first-order valence-corrected chi connectivity index (χ1v) is 8.77. The van der Waals surface area contributed by atoms with Gasteiger partial charge in [-0.25, -0.2) is 9.59 Å². The second-order valence-corrected chi connectivity index (χ2v) is 6.28. The summed E-state index contributed by atoms with van der Waals surface area (Å²) in [5, 5.41) is 6.84. The van der Waals surface area contributed by atoms with Crippen molar-refractivity contribution in [2.45, 2.75) is 25.3 Å². The maximum Gasteiger partial charge on any atom is 0.328 e. The Morgan fingerprint density at radius 1 is 1.22 bits per heavy atom. The third-order valence-electron chi connectivity index (χ3n) is 4.07. The number of esters is 2. The Hall–Kier alpha value is -2.74. The normalized spacial score (nSPS) is 11.7. The highest BCUT2D eigenvalue weighted by molar-refractivity contribution is 6.31. The highest BCUT2D eigenvalue weighted by Gasteiger charge is 2.22. The van der Waals surface area contributed by atoms with Gasteiger partial charge in [0, 0.05) is 35.1 Å². The topological polar surface area (TPSA) is 110 Å². The molecule has 1 atom stereocenters. The van der Waals surface area contributed by atoms with E-state index in [9.17, 15) is 14.4 Å². The molecule has 3 N–H and O–H groups in total. The van der Waals surface area contributed by atoms with E-state index in [1.54, 1.807) is 6.07 Å². The number of carbonyl (C=O) groups excluding carboxylic acids is 3. The van der Waals surface area contributed by atoms with E-state index in [0.29, 0.717) is 18.0 Å². The third-order valence-corrected chi connectivity index (χ3v) is 4.30. The Labute approximate surface area is 161 Å². The van der Waals surface area contributed by atoms with Gasteiger partial charge in [0.05, 0.1) is 14.2 Å². The molecule has 0 aliphatic heterocycles. The van der Waals surface area contributed by atoms with Crippen molar-refractivity contribution in [2.24, 2.45) is 0 Å². The number of rotatable bonds is 8. The molecule has 0 unspecified atom stereocenters. The van der Waals surface area contributed by atoms with E-state index >= 15 is 0 Å². The first kappa shape index (κ1) is 20.6. The third kappa shape index (κ3) is 5.89. The van der Waals surface area contributed by atoms with Gasteiger partial charge in [0.15, 0.2) is 0 Å². The van der Waals surface area contributed by atoms with E-state index in [2.05, 4.69) is 25.1 Å². The number of fused-ring (bicyclic) bond motifs is 1. The second kappa shape index (κ2) is 9.82. The van der Waals surface area contributed by atoms with E-state index < -0.39 is 24.0 Å². The van der Waals surface area contributed by atoms with E-state index in [1.165, 1.54) is 14.2 Å². The molecule has 0 aliphatic carbocycles. The molecular formula is C18H22ClN3O5. The van der Waals surface area contributed by atoms with Gasteiger partial charge in [0.25, 0.3) is 0 Å². The summed E-state index contributed by atoms with van der Waals surface area (Å²) in [6.07, 6.45) is 2.54. The predicted molar refractivity (Wildman–Crippen MR) is 101 cm³/mol. The molecular weight excluding hydrogens is 374 g/mol. The molecule has 0 bridgehead atoms. The summed E-state index contributed by atoms with van der Waals surface area (Å²) >= 11 is 6.02. The lowest BCUT2D eigenvalue weighted by atomic mass is 10.1. The van der Waals surface area contributed by atoms with Crippen LogP contribution in [0.25, 0.3) is 10.9 Å². The quantitative estimate of drug-likeness (QED) is 0.593. The molecule has 1 heterocycles. The zero-order valence-electron chi connectivity index (χ0n) is 15.1. The predicted octanol–water partition coefficient (Wildman–Crippen LogP) is 2.16. The van der Waals surface area contributed by atoms with Crippen molar-refractivity contribution in [1.82, 2.24) is 15.6 Å². The lowest BCUT2D eigenvalue weighted by Gasteiger charge is -2.16. The van der Waals surface area contributed by atoms with Crippen LogP contribution < -0.4 is 10.6 Å². The second-order valence-electron chi connectivity index (χ2n) is 5.84. The first-order valence-electron chi connectivity index (χ1n) is 8.39. The number of hydrogen-bond acceptors (Lipinski definition) is 5. The zero-order chi connectivity index (χ0) is 19.8. The van der Waals surface area contributed by atoms with Gasteiger partial charge < -0.3 is 25.1 Å². The molecule has 146 valence electrons. The van der Waals surface area contributed by atoms with Gasteiger partial charge in [-0.1, -0.05) is 11.6 Å². The molecule has 0 fully saturated rings. The Bertz CT molecular complexity index is 820. The number of H-pyrrole nitrogens is 1. The number of hydrogen-bond donors (Lipinski definition) is 3. The van der Waals surface area contributed by atoms with Gasteiger partial charge in [0.2, 0.25) is 0 Å². The minimum atomic E-state index is -0.930. The average Bonchev–Trinajstić information content (AvgIpc) is 3.06. The van der Waals surface area contributed by atoms with Crippen molar-refractivity contribution in [3.63, 3.8) is 0 Å². The largest absolute Gasteiger partial charge is 0.469 e. The molecule has 2 rings (SSSR count). The van der Waals surface area contributed by atoms with Crippen LogP contribution >= 0.6 is 11.6 Å². The molecule has 0 aliphatic rings. The summed E-state index contributed by atoms with van der Waals surface area (Å²) in [5.41, 5.74) is 1.98. The van der Waals surface area contributed by atoms with Crippen molar-refractivity contribution in [3.8, 4) is 0 Å². The Kier molecular flexibility index (Phi) is 7.48. The van der Waals surface area contributed by atoms with Crippen LogP contribution in [0, 0.1) is 0 Å². The van der Waals surface area contributed by atoms with E-state index in [4.69, 9.17) is 11.6 Å². The van der Waals surface area contributed by atoms with Gasteiger partial charge in [0.1, 0.15) is 6.04 Å². The van der Waals surface area contributed by atoms with E-state index in [1.807, 2.05) is 18.3 Å². The molecule has 8 nitrogen and oxygen atoms in total. The van der Waals surface area contributed by atoms with Gasteiger partial charge in [-0.05, 0) is 36.6 Å². The first-order chi connectivity index (χ1) is 12.9. The fourth-order valence-corrected chi connectivity index (χ4v) is 2.81. The standard InChI is InChI=1S/C18H22ClN3O5/c1-26-16(23)6-5-15(17(24)27-2)22-18(25)20-8-7-11-10-21-14-4-3-12(19)9-13(11)14/h3-4,9-10,15,21H,5-8H2,1-2H3,(H2,20,22,25)/t15-/m0/s1. The maximum atomic E-state index is 12.1. The number of aromatic amines is 1. The fourth-order valence-electron chi connectivity index (χ4n) is 2.63. The molecule has 1 aromatic heterocycles. The number of urea groups is 1. The average molecular weight is 396 g/mol. The summed E-state index contributed by atoms with van der Waals surface area (Å²) in [5.74, 6) is -1.09. The van der Waals surface area contributed by atoms with Crippen LogP contribution in [0.4, 0.5) is 4.79 Å². The summed E-state index contributed by atoms with van der Waals surface area (Å²) in [6, 6.07) is 4.11. The number of ether oxygens (including phenoxy) is 2. The number of aromatic nitrogens is 1. The van der Waals surface area contributed by atoms with Crippen LogP contribution in [0.5, 0.6) is 0 Å². The Morgan fingerprint density at radius 2 is 2.00 bits per heavy atom. The number of halogens is 1. The van der Waals surface area contributed by atoms with Crippen molar-refractivity contribution >= 4 is 40.5 Å². The van der Waals surface area contributed by atoms with Crippen molar-refractivity contribution in [2.75, 3.05) is 20.8 Å². The maximum absolute atomic E-state index is 12.1. The molecule has 0 spiro atoms. The Balaban J connectivity index is 1.86. The highest BCUT2D eigenvalue weighted by atomic mass is 35.5. The van der Waals surface area contributed by atoms with Crippen LogP contribution in [0.1, 0.15) is 18.4 Å². The van der Waals surface area contributed by atoms with Crippen LogP contribution in [0.15, 0.2) is 24.4 Å². The van der Waals surface area contributed by atoms with E-state index in [0.717, 1.165) is 16.5 Å². The Morgan fingerprint density at radius 3 is 2.70 bits per heavy atom. The molecule has 27 heavy (non-hydrogen) atoms. The van der Waals surface area contributed by atoms with Crippen LogP contribution in [-0.2, 0) is 25.5 Å². The van der Waals surface area contributed by atoms with Gasteiger partial charge >= 0.3 is 18.0 Å². The zero-order valence-corrected chi connectivity index (χ0v) is 15.9. The molecule has 2 amide bonds. The van der Waals surface area contributed by atoms with Gasteiger partial charge in [-0.3, -0.25) is 4.79 Å². The summed E-state index contributed by atoms with van der Waals surface area (Å²) in [4.78, 5) is 38.2. The lowest BCUT2D eigenvalue weighted by Crippen LogP contribution is -2.47. The summed E-state index contributed by atoms with van der Waals surface area (Å²) in [7, 11) is 2.47. The fraction of sp³-hybridized carbons (Fsp3) is 0.389. The van der Waals surface area contributed by atoms with Crippen molar-refractivity contribution in [1.29, 1.82) is 0 Å². The van der Waals surface area contributed by atoms with E-state index in [-0.39, 0.29) is 12.8 Å². The number of amides is 2. The molecule has 0 radical (unpaired) electrons. The van der Waals surface area contributed by atoms with Crippen molar-refractivity contribution in [3.05, 3.63) is 35.0 Å². The van der Waals surface area contributed by atoms with Gasteiger partial charge in [-0.2, -0.15) is 0 Å².